The fourth-order valence-corrected chi connectivity index (χ4v) is 3.35. The first-order chi connectivity index (χ1) is 13.8. The number of rotatable bonds is 2. The number of nitrogens with one attached hydrogen (secondary N) is 1. The molecule has 29 heavy (non-hydrogen) atoms. The van der Waals surface area contributed by atoms with Crippen LogP contribution in [0.1, 0.15) is 21.5 Å². The van der Waals surface area contributed by atoms with Crippen molar-refractivity contribution in [2.24, 2.45) is 0 Å². The Labute approximate surface area is 163 Å². The van der Waals surface area contributed by atoms with E-state index < -0.39 is 23.5 Å². The summed E-state index contributed by atoms with van der Waals surface area (Å²) in [5.41, 5.74) is 0.939. The van der Waals surface area contributed by atoms with Crippen molar-refractivity contribution in [3.8, 4) is 0 Å². The molecule has 9 heteroatoms. The summed E-state index contributed by atoms with van der Waals surface area (Å²) in [5.74, 6) is -0.991. The van der Waals surface area contributed by atoms with Gasteiger partial charge in [-0.25, -0.2) is 4.39 Å². The molecular formula is C20H15F4N4O+. The van der Waals surface area contributed by atoms with Gasteiger partial charge in [-0.1, -0.05) is 0 Å². The molecular weight excluding hydrogens is 388 g/mol. The van der Waals surface area contributed by atoms with Gasteiger partial charge in [0.05, 0.1) is 23.0 Å². The van der Waals surface area contributed by atoms with Gasteiger partial charge in [-0.15, -0.1) is 5.10 Å². The second-order valence-corrected chi connectivity index (χ2v) is 6.61. The fourth-order valence-electron chi connectivity index (χ4n) is 3.35. The molecule has 2 heterocycles. The topological polar surface area (TPSA) is 50.6 Å². The molecule has 3 aromatic rings. The van der Waals surface area contributed by atoms with Crippen LogP contribution in [0.25, 0.3) is 0 Å². The van der Waals surface area contributed by atoms with Gasteiger partial charge in [0.25, 0.3) is 5.91 Å². The zero-order valence-electron chi connectivity index (χ0n) is 15.2. The van der Waals surface area contributed by atoms with Crippen LogP contribution in [0.15, 0.2) is 54.9 Å². The zero-order chi connectivity index (χ0) is 20.8. The molecule has 0 fully saturated rings. The van der Waals surface area contributed by atoms with E-state index in [2.05, 4.69) is 10.2 Å². The molecule has 0 saturated heterocycles. The maximum atomic E-state index is 13.6. The summed E-state index contributed by atoms with van der Waals surface area (Å²) in [7, 11) is 0. The van der Waals surface area contributed by atoms with Gasteiger partial charge in [0.1, 0.15) is 18.2 Å². The van der Waals surface area contributed by atoms with Crippen molar-refractivity contribution in [1.82, 2.24) is 5.10 Å². The minimum atomic E-state index is -4.58. The molecule has 0 unspecified atom stereocenters. The highest BCUT2D eigenvalue weighted by molar-refractivity contribution is 6.12. The van der Waals surface area contributed by atoms with Crippen LogP contribution in [0.2, 0.25) is 0 Å². The molecule has 0 bridgehead atoms. The Bertz CT molecular complexity index is 1090. The Morgan fingerprint density at radius 1 is 1.03 bits per heavy atom. The number of H-pyrrole nitrogens is 1. The van der Waals surface area contributed by atoms with Crippen LogP contribution >= 0.6 is 0 Å². The highest BCUT2D eigenvalue weighted by Crippen LogP contribution is 2.40. The molecule has 0 aliphatic carbocycles. The van der Waals surface area contributed by atoms with Crippen molar-refractivity contribution in [1.29, 1.82) is 0 Å². The average molecular weight is 403 g/mol. The Hall–Kier alpha value is -3.49. The second kappa shape index (κ2) is 6.84. The molecule has 1 aliphatic rings. The monoisotopic (exact) mass is 403 g/mol. The number of carbonyl (C=O) groups excluding carboxylic acids is 1. The van der Waals surface area contributed by atoms with Gasteiger partial charge in [0.15, 0.2) is 0 Å². The molecule has 2 aromatic carbocycles. The molecule has 0 spiro atoms. The minimum absolute atomic E-state index is 0.0432. The zero-order valence-corrected chi connectivity index (χ0v) is 15.2. The summed E-state index contributed by atoms with van der Waals surface area (Å²) in [6.07, 6.45) is -1.66. The number of alkyl halides is 3. The quantitative estimate of drug-likeness (QED) is 0.605. The Balaban J connectivity index is 1.90. The molecule has 0 atom stereocenters. The van der Waals surface area contributed by atoms with E-state index in [-0.39, 0.29) is 12.2 Å². The van der Waals surface area contributed by atoms with E-state index in [1.54, 1.807) is 24.0 Å². The SMILES string of the molecule is Cc1cc(F)ccc1N1CN(c2ccn[nH+]c2)C(=O)c2cc(C(F)(F)F)ccc21. The first-order valence-corrected chi connectivity index (χ1v) is 8.64. The Morgan fingerprint density at radius 3 is 2.45 bits per heavy atom. The lowest BCUT2D eigenvalue weighted by Crippen LogP contribution is -2.45. The molecule has 0 saturated carbocycles. The molecule has 1 aromatic heterocycles. The number of aromatic amines is 1. The van der Waals surface area contributed by atoms with Crippen molar-refractivity contribution in [2.75, 3.05) is 16.5 Å². The van der Waals surface area contributed by atoms with Crippen LogP contribution in [0.4, 0.5) is 34.6 Å². The van der Waals surface area contributed by atoms with Gasteiger partial charge in [0.2, 0.25) is 6.20 Å². The number of benzene rings is 2. The van der Waals surface area contributed by atoms with Crippen LogP contribution in [0, 0.1) is 12.7 Å². The normalized spacial score (nSPS) is 14.2. The number of hydrogen-bond donors (Lipinski definition) is 0. The third-order valence-electron chi connectivity index (χ3n) is 4.74. The number of fused-ring (bicyclic) bond motifs is 1. The molecule has 0 radical (unpaired) electrons. The Morgan fingerprint density at radius 2 is 1.79 bits per heavy atom. The summed E-state index contributed by atoms with van der Waals surface area (Å²) >= 11 is 0. The van der Waals surface area contributed by atoms with Crippen LogP contribution in [0.3, 0.4) is 0 Å². The third-order valence-corrected chi connectivity index (χ3v) is 4.74. The van der Waals surface area contributed by atoms with Crippen LogP contribution in [0.5, 0.6) is 0 Å². The number of anilines is 3. The lowest BCUT2D eigenvalue weighted by molar-refractivity contribution is -0.454. The average Bonchev–Trinajstić information content (AvgIpc) is 2.69. The van der Waals surface area contributed by atoms with Crippen LogP contribution in [-0.2, 0) is 6.18 Å². The van der Waals surface area contributed by atoms with E-state index >= 15 is 0 Å². The van der Waals surface area contributed by atoms with Crippen LogP contribution in [-0.4, -0.2) is 17.7 Å². The predicted molar refractivity (Wildman–Crippen MR) is 97.2 cm³/mol. The molecule has 1 N–H and O–H groups in total. The van der Waals surface area contributed by atoms with Crippen molar-refractivity contribution in [3.05, 3.63) is 77.4 Å². The van der Waals surface area contributed by atoms with E-state index in [0.717, 1.165) is 12.1 Å². The Kier molecular flexibility index (Phi) is 4.45. The smallest absolute Gasteiger partial charge is 0.322 e. The van der Waals surface area contributed by atoms with Crippen LogP contribution < -0.4 is 14.9 Å². The largest absolute Gasteiger partial charge is 0.416 e. The maximum absolute atomic E-state index is 13.6. The predicted octanol–water partition coefficient (Wildman–Crippen LogP) is 4.12. The van der Waals surface area contributed by atoms with Crippen molar-refractivity contribution < 1.29 is 27.5 Å². The standard InChI is InChI=1S/C20H14F4N4O/c1-12-8-14(21)3-5-17(12)28-11-27(15-6-7-25-26-10-15)19(29)16-9-13(20(22,23)24)2-4-18(16)28/h2-10H,11H2,1H3/p+1. The number of aromatic nitrogens is 2. The first kappa shape index (κ1) is 18.9. The molecule has 1 amide bonds. The van der Waals surface area contributed by atoms with Gasteiger partial charge >= 0.3 is 6.18 Å². The van der Waals surface area contributed by atoms with Crippen molar-refractivity contribution in [2.45, 2.75) is 13.1 Å². The minimum Gasteiger partial charge on any atom is -0.322 e. The second-order valence-electron chi connectivity index (χ2n) is 6.61. The lowest BCUT2D eigenvalue weighted by atomic mass is 10.0. The molecule has 5 nitrogen and oxygen atoms in total. The van der Waals surface area contributed by atoms with Gasteiger partial charge in [0, 0.05) is 5.69 Å². The highest BCUT2D eigenvalue weighted by atomic mass is 19.4. The first-order valence-electron chi connectivity index (χ1n) is 8.64. The maximum Gasteiger partial charge on any atom is 0.416 e. The van der Waals surface area contributed by atoms with E-state index in [0.29, 0.717) is 22.6 Å². The highest BCUT2D eigenvalue weighted by Gasteiger charge is 2.37. The summed E-state index contributed by atoms with van der Waals surface area (Å²) in [6.45, 7) is 1.74. The summed E-state index contributed by atoms with van der Waals surface area (Å²) < 4.78 is 53.3. The van der Waals surface area contributed by atoms with Gasteiger partial charge in [-0.3, -0.25) is 9.69 Å². The van der Waals surface area contributed by atoms with Gasteiger partial charge in [-0.05, 0) is 60.1 Å². The number of amides is 1. The third kappa shape index (κ3) is 3.39. The van der Waals surface area contributed by atoms with Gasteiger partial charge in [-0.2, -0.15) is 13.2 Å². The molecule has 148 valence electrons. The van der Waals surface area contributed by atoms with E-state index in [1.165, 1.54) is 35.5 Å². The summed E-state index contributed by atoms with van der Waals surface area (Å²) in [4.78, 5) is 16.1. The van der Waals surface area contributed by atoms with Crippen molar-refractivity contribution in [3.63, 3.8) is 0 Å². The lowest BCUT2D eigenvalue weighted by Gasteiger charge is -2.38. The molecule has 4 rings (SSSR count). The number of aryl methyl sites for hydroxylation is 1. The number of halogens is 4. The van der Waals surface area contributed by atoms with E-state index in [4.69, 9.17) is 0 Å². The number of hydrogen-bond acceptors (Lipinski definition) is 3. The van der Waals surface area contributed by atoms with Crippen molar-refractivity contribution >= 4 is 23.0 Å². The van der Waals surface area contributed by atoms with Gasteiger partial charge < -0.3 is 4.90 Å². The van der Waals surface area contributed by atoms with E-state index in [9.17, 15) is 22.4 Å². The summed E-state index contributed by atoms with van der Waals surface area (Å²) in [5, 5.41) is 6.41. The fraction of sp³-hybridized carbons (Fsp3) is 0.150. The molecule has 1 aliphatic heterocycles. The van der Waals surface area contributed by atoms with E-state index in [1.807, 2.05) is 0 Å². The summed E-state index contributed by atoms with van der Waals surface area (Å²) in [6, 6.07) is 8.78. The number of carbonyl (C=O) groups is 1. The number of nitrogens with zero attached hydrogens (tertiary/aromatic N) is 3.